The van der Waals surface area contributed by atoms with Crippen LogP contribution in [0.25, 0.3) is 0 Å². The number of nitrogens with zero attached hydrogens (tertiary/aromatic N) is 1. The average Bonchev–Trinajstić information content (AvgIpc) is 2.19. The highest BCUT2D eigenvalue weighted by atomic mass is 32.1. The van der Waals surface area contributed by atoms with Crippen LogP contribution in [0.4, 0.5) is 0 Å². The Morgan fingerprint density at radius 3 is 2.62 bits per heavy atom. The summed E-state index contributed by atoms with van der Waals surface area (Å²) >= 11 is 4.78. The molecule has 3 nitrogen and oxygen atoms in total. The molecule has 0 bridgehead atoms. The normalized spacial score (nSPS) is 9.94. The minimum absolute atomic E-state index is 0.0472. The Kier molecular flexibility index (Phi) is 4.01. The molecule has 0 spiro atoms. The van der Waals surface area contributed by atoms with Gasteiger partial charge >= 0.3 is 0 Å². The van der Waals surface area contributed by atoms with Crippen LogP contribution in [-0.4, -0.2) is 29.4 Å². The van der Waals surface area contributed by atoms with Crippen LogP contribution in [0.5, 0.6) is 0 Å². The maximum atomic E-state index is 12.1. The molecule has 0 aliphatic rings. The zero-order valence-electron chi connectivity index (χ0n) is 9.78. The van der Waals surface area contributed by atoms with Crippen molar-refractivity contribution in [2.45, 2.75) is 13.8 Å². The summed E-state index contributed by atoms with van der Waals surface area (Å²) in [5.41, 5.74) is 8.15. The summed E-state index contributed by atoms with van der Waals surface area (Å²) in [7, 11) is 1.70. The molecular formula is C12H16N2OS. The zero-order valence-corrected chi connectivity index (χ0v) is 10.6. The second-order valence-electron chi connectivity index (χ2n) is 3.95. The first kappa shape index (κ1) is 12.6. The van der Waals surface area contributed by atoms with Crippen molar-refractivity contribution in [3.8, 4) is 0 Å². The van der Waals surface area contributed by atoms with Crippen molar-refractivity contribution in [3.05, 3.63) is 34.9 Å². The van der Waals surface area contributed by atoms with Crippen LogP contribution in [-0.2, 0) is 0 Å². The Labute approximate surface area is 101 Å². The molecule has 0 heterocycles. The van der Waals surface area contributed by atoms with E-state index in [4.69, 9.17) is 18.0 Å². The Morgan fingerprint density at radius 2 is 2.06 bits per heavy atom. The van der Waals surface area contributed by atoms with E-state index in [1.807, 2.05) is 32.0 Å². The van der Waals surface area contributed by atoms with Crippen LogP contribution in [0.1, 0.15) is 21.5 Å². The fourth-order valence-corrected chi connectivity index (χ4v) is 1.67. The molecule has 16 heavy (non-hydrogen) atoms. The molecule has 0 aromatic heterocycles. The second kappa shape index (κ2) is 5.07. The monoisotopic (exact) mass is 236 g/mol. The van der Waals surface area contributed by atoms with Gasteiger partial charge in [0, 0.05) is 12.6 Å². The molecule has 1 aromatic rings. The summed E-state index contributed by atoms with van der Waals surface area (Å²) in [5, 5.41) is 0. The van der Waals surface area contributed by atoms with Crippen molar-refractivity contribution in [2.24, 2.45) is 5.73 Å². The van der Waals surface area contributed by atoms with Crippen molar-refractivity contribution in [1.29, 1.82) is 0 Å². The predicted octanol–water partition coefficient (Wildman–Crippen LogP) is 1.66. The average molecular weight is 236 g/mol. The summed E-state index contributed by atoms with van der Waals surface area (Å²) in [4.78, 5) is 13.9. The molecule has 86 valence electrons. The molecule has 4 heteroatoms. The quantitative estimate of drug-likeness (QED) is 0.812. The highest BCUT2D eigenvalue weighted by Crippen LogP contribution is 2.12. The van der Waals surface area contributed by atoms with Gasteiger partial charge in [0.1, 0.15) is 0 Å². The van der Waals surface area contributed by atoms with Gasteiger partial charge in [-0.2, -0.15) is 0 Å². The number of amides is 1. The van der Waals surface area contributed by atoms with Crippen molar-refractivity contribution in [1.82, 2.24) is 4.90 Å². The van der Waals surface area contributed by atoms with E-state index in [-0.39, 0.29) is 5.91 Å². The number of nitrogens with two attached hydrogens (primary N) is 1. The SMILES string of the molecule is Cc1ccc(C)c(C(=O)N(C)CC(N)=S)c1. The molecule has 0 aliphatic heterocycles. The van der Waals surface area contributed by atoms with E-state index in [0.717, 1.165) is 11.1 Å². The van der Waals surface area contributed by atoms with Crippen LogP contribution >= 0.6 is 12.2 Å². The lowest BCUT2D eigenvalue weighted by molar-refractivity contribution is 0.0814. The number of rotatable bonds is 3. The van der Waals surface area contributed by atoms with E-state index in [1.54, 1.807) is 7.05 Å². The Morgan fingerprint density at radius 1 is 1.44 bits per heavy atom. The van der Waals surface area contributed by atoms with Crippen LogP contribution < -0.4 is 5.73 Å². The lowest BCUT2D eigenvalue weighted by Gasteiger charge is -2.17. The number of hydrogen-bond acceptors (Lipinski definition) is 2. The highest BCUT2D eigenvalue weighted by molar-refractivity contribution is 7.80. The van der Waals surface area contributed by atoms with E-state index in [0.29, 0.717) is 17.1 Å². The van der Waals surface area contributed by atoms with Crippen molar-refractivity contribution in [3.63, 3.8) is 0 Å². The van der Waals surface area contributed by atoms with Gasteiger partial charge < -0.3 is 10.6 Å². The smallest absolute Gasteiger partial charge is 0.254 e. The lowest BCUT2D eigenvalue weighted by Crippen LogP contribution is -2.34. The number of likely N-dealkylation sites (N-methyl/N-ethyl adjacent to an activating group) is 1. The van der Waals surface area contributed by atoms with Crippen LogP contribution in [0.15, 0.2) is 18.2 Å². The molecule has 0 unspecified atom stereocenters. The fraction of sp³-hybridized carbons (Fsp3) is 0.333. The van der Waals surface area contributed by atoms with Gasteiger partial charge in [0.2, 0.25) is 0 Å². The van der Waals surface area contributed by atoms with Gasteiger partial charge in [0.05, 0.1) is 11.5 Å². The minimum Gasteiger partial charge on any atom is -0.392 e. The Bertz CT molecular complexity index is 429. The van der Waals surface area contributed by atoms with E-state index in [9.17, 15) is 4.79 Å². The molecule has 0 radical (unpaired) electrons. The Balaban J connectivity index is 2.95. The molecule has 0 saturated carbocycles. The maximum Gasteiger partial charge on any atom is 0.254 e. The highest BCUT2D eigenvalue weighted by Gasteiger charge is 2.14. The van der Waals surface area contributed by atoms with Gasteiger partial charge in [-0.1, -0.05) is 29.9 Å². The molecule has 0 saturated heterocycles. The number of benzene rings is 1. The first-order valence-electron chi connectivity index (χ1n) is 5.03. The van der Waals surface area contributed by atoms with Crippen molar-refractivity contribution in [2.75, 3.05) is 13.6 Å². The van der Waals surface area contributed by atoms with E-state index in [1.165, 1.54) is 4.90 Å². The van der Waals surface area contributed by atoms with Gasteiger partial charge in [-0.25, -0.2) is 0 Å². The summed E-state index contributed by atoms with van der Waals surface area (Å²) in [6.07, 6.45) is 0. The molecule has 1 amide bonds. The summed E-state index contributed by atoms with van der Waals surface area (Å²) in [5.74, 6) is -0.0472. The third-order valence-electron chi connectivity index (χ3n) is 2.36. The van der Waals surface area contributed by atoms with Crippen molar-refractivity contribution < 1.29 is 4.79 Å². The van der Waals surface area contributed by atoms with Crippen LogP contribution in [0.3, 0.4) is 0 Å². The van der Waals surface area contributed by atoms with Crippen LogP contribution in [0, 0.1) is 13.8 Å². The molecule has 2 N–H and O–H groups in total. The van der Waals surface area contributed by atoms with Gasteiger partial charge in [-0.05, 0) is 25.5 Å². The van der Waals surface area contributed by atoms with Gasteiger partial charge in [-0.3, -0.25) is 4.79 Å². The zero-order chi connectivity index (χ0) is 12.3. The number of carbonyl (C=O) groups excluding carboxylic acids is 1. The molecular weight excluding hydrogens is 220 g/mol. The second-order valence-corrected chi connectivity index (χ2v) is 4.47. The first-order valence-corrected chi connectivity index (χ1v) is 5.43. The standard InChI is InChI=1S/C12H16N2OS/c1-8-4-5-9(2)10(6-8)12(15)14(3)7-11(13)16/h4-6H,7H2,1-3H3,(H2,13,16). The van der Waals surface area contributed by atoms with E-state index in [2.05, 4.69) is 0 Å². The number of aryl methyl sites for hydroxylation is 2. The lowest BCUT2D eigenvalue weighted by atomic mass is 10.0. The van der Waals surface area contributed by atoms with Crippen molar-refractivity contribution >= 4 is 23.1 Å². The van der Waals surface area contributed by atoms with E-state index >= 15 is 0 Å². The van der Waals surface area contributed by atoms with Gasteiger partial charge in [-0.15, -0.1) is 0 Å². The topological polar surface area (TPSA) is 46.3 Å². The van der Waals surface area contributed by atoms with Crippen LogP contribution in [0.2, 0.25) is 0 Å². The summed E-state index contributed by atoms with van der Waals surface area (Å²) in [6.45, 7) is 4.19. The van der Waals surface area contributed by atoms with Gasteiger partial charge in [0.25, 0.3) is 5.91 Å². The molecule has 0 atom stereocenters. The van der Waals surface area contributed by atoms with E-state index < -0.39 is 0 Å². The molecule has 1 aromatic carbocycles. The first-order chi connectivity index (χ1) is 7.41. The third kappa shape index (κ3) is 3.03. The number of hydrogen-bond donors (Lipinski definition) is 1. The summed E-state index contributed by atoms with van der Waals surface area (Å²) < 4.78 is 0. The Hall–Kier alpha value is -1.42. The number of carbonyl (C=O) groups is 1. The minimum atomic E-state index is -0.0472. The van der Waals surface area contributed by atoms with Gasteiger partial charge in [0.15, 0.2) is 0 Å². The number of thiocarbonyl (C=S) groups is 1. The maximum absolute atomic E-state index is 12.1. The molecule has 0 aliphatic carbocycles. The summed E-state index contributed by atoms with van der Waals surface area (Å²) in [6, 6.07) is 5.81. The molecule has 1 rings (SSSR count). The molecule has 0 fully saturated rings. The fourth-order valence-electron chi connectivity index (χ4n) is 1.48. The largest absolute Gasteiger partial charge is 0.392 e. The predicted molar refractivity (Wildman–Crippen MR) is 69.7 cm³/mol. The third-order valence-corrected chi connectivity index (χ3v) is 2.49.